The summed E-state index contributed by atoms with van der Waals surface area (Å²) in [6, 6.07) is 6.40. The lowest BCUT2D eigenvalue weighted by Crippen LogP contribution is -2.52. The van der Waals surface area contributed by atoms with E-state index in [2.05, 4.69) is 10.6 Å². The molecule has 1 unspecified atom stereocenters. The summed E-state index contributed by atoms with van der Waals surface area (Å²) in [5, 5.41) is 14.5. The average Bonchev–Trinajstić information content (AvgIpc) is 2.50. The Morgan fingerprint density at radius 3 is 2.25 bits per heavy atom. The van der Waals surface area contributed by atoms with Crippen LogP contribution in [-0.2, 0) is 9.59 Å². The summed E-state index contributed by atoms with van der Waals surface area (Å²) in [6.45, 7) is 8.53. The van der Waals surface area contributed by atoms with Gasteiger partial charge in [-0.25, -0.2) is 0 Å². The fourth-order valence-electron chi connectivity index (χ4n) is 2.08. The van der Waals surface area contributed by atoms with Crippen LogP contribution in [0, 0.1) is 18.3 Å². The van der Waals surface area contributed by atoms with E-state index >= 15 is 0 Å². The van der Waals surface area contributed by atoms with Crippen LogP contribution in [-0.4, -0.2) is 35.5 Å². The SMILES string of the molecule is Cc1ccccc1C(=O)NC(C(=O)NCC(C)(C)C(=O)O)C(C)C. The van der Waals surface area contributed by atoms with E-state index in [1.54, 1.807) is 12.1 Å². The minimum absolute atomic E-state index is 0.00930. The second-order valence-corrected chi connectivity index (χ2v) is 6.92. The smallest absolute Gasteiger partial charge is 0.310 e. The van der Waals surface area contributed by atoms with E-state index < -0.39 is 17.4 Å². The minimum atomic E-state index is -1.07. The molecule has 0 aromatic heterocycles. The first-order valence-electron chi connectivity index (χ1n) is 7.94. The molecule has 1 aromatic rings. The molecule has 0 bridgehead atoms. The van der Waals surface area contributed by atoms with Crippen LogP contribution in [0.2, 0.25) is 0 Å². The third kappa shape index (κ3) is 5.08. The van der Waals surface area contributed by atoms with E-state index in [9.17, 15) is 14.4 Å². The molecule has 0 fully saturated rings. The predicted octanol–water partition coefficient (Wildman–Crippen LogP) is 1.98. The van der Waals surface area contributed by atoms with Crippen molar-refractivity contribution < 1.29 is 19.5 Å². The third-order valence-corrected chi connectivity index (χ3v) is 3.91. The minimum Gasteiger partial charge on any atom is -0.481 e. The van der Waals surface area contributed by atoms with Crippen molar-refractivity contribution in [3.8, 4) is 0 Å². The molecule has 6 nitrogen and oxygen atoms in total. The second kappa shape index (κ2) is 7.95. The summed E-state index contributed by atoms with van der Waals surface area (Å²) in [5.74, 6) is -1.83. The summed E-state index contributed by atoms with van der Waals surface area (Å²) >= 11 is 0. The van der Waals surface area contributed by atoms with Gasteiger partial charge in [-0.1, -0.05) is 32.0 Å². The molecule has 0 saturated heterocycles. The molecule has 0 heterocycles. The number of carbonyl (C=O) groups excluding carboxylic acids is 2. The molecule has 2 amide bonds. The van der Waals surface area contributed by atoms with Gasteiger partial charge in [-0.15, -0.1) is 0 Å². The lowest BCUT2D eigenvalue weighted by molar-refractivity contribution is -0.146. The van der Waals surface area contributed by atoms with Crippen LogP contribution >= 0.6 is 0 Å². The summed E-state index contributed by atoms with van der Waals surface area (Å²) in [6.07, 6.45) is 0. The van der Waals surface area contributed by atoms with Crippen LogP contribution < -0.4 is 10.6 Å². The Kier molecular flexibility index (Phi) is 6.51. The van der Waals surface area contributed by atoms with Gasteiger partial charge in [0.2, 0.25) is 5.91 Å². The summed E-state index contributed by atoms with van der Waals surface area (Å²) < 4.78 is 0. The van der Waals surface area contributed by atoms with E-state index in [4.69, 9.17) is 5.11 Å². The number of carboxylic acid groups (broad SMARTS) is 1. The number of amides is 2. The summed E-state index contributed by atoms with van der Waals surface area (Å²) in [7, 11) is 0. The van der Waals surface area contributed by atoms with Crippen molar-refractivity contribution in [3.63, 3.8) is 0 Å². The molecule has 0 aliphatic carbocycles. The molecule has 0 radical (unpaired) electrons. The largest absolute Gasteiger partial charge is 0.481 e. The number of carbonyl (C=O) groups is 3. The topological polar surface area (TPSA) is 95.5 Å². The monoisotopic (exact) mass is 334 g/mol. The van der Waals surface area contributed by atoms with E-state index in [0.29, 0.717) is 5.56 Å². The van der Waals surface area contributed by atoms with Gasteiger partial charge in [-0.2, -0.15) is 0 Å². The molecule has 1 rings (SSSR count). The highest BCUT2D eigenvalue weighted by Gasteiger charge is 2.30. The Morgan fingerprint density at radius 1 is 1.17 bits per heavy atom. The number of hydrogen-bond donors (Lipinski definition) is 3. The fraction of sp³-hybridized carbons (Fsp3) is 0.500. The molecule has 1 aromatic carbocycles. The number of aryl methyl sites for hydroxylation is 1. The molecule has 0 aliphatic heterocycles. The van der Waals surface area contributed by atoms with Crippen molar-refractivity contribution in [2.24, 2.45) is 11.3 Å². The van der Waals surface area contributed by atoms with Gasteiger partial charge in [0.05, 0.1) is 5.41 Å². The Hall–Kier alpha value is -2.37. The van der Waals surface area contributed by atoms with Crippen LogP contribution in [0.15, 0.2) is 24.3 Å². The van der Waals surface area contributed by atoms with Gasteiger partial charge >= 0.3 is 5.97 Å². The van der Waals surface area contributed by atoms with Gasteiger partial charge in [0.15, 0.2) is 0 Å². The third-order valence-electron chi connectivity index (χ3n) is 3.91. The fourth-order valence-corrected chi connectivity index (χ4v) is 2.08. The van der Waals surface area contributed by atoms with Crippen LogP contribution in [0.3, 0.4) is 0 Å². The first-order chi connectivity index (χ1) is 11.1. The van der Waals surface area contributed by atoms with Gasteiger partial charge in [0, 0.05) is 12.1 Å². The average molecular weight is 334 g/mol. The molecule has 1 atom stereocenters. The Morgan fingerprint density at radius 2 is 1.75 bits per heavy atom. The Balaban J connectivity index is 2.80. The van der Waals surface area contributed by atoms with Crippen LogP contribution in [0.1, 0.15) is 43.6 Å². The van der Waals surface area contributed by atoms with Gasteiger partial charge in [-0.05, 0) is 38.3 Å². The highest BCUT2D eigenvalue weighted by molar-refractivity contribution is 5.98. The van der Waals surface area contributed by atoms with Crippen LogP contribution in [0.4, 0.5) is 0 Å². The van der Waals surface area contributed by atoms with E-state index in [1.807, 2.05) is 32.9 Å². The maximum Gasteiger partial charge on any atom is 0.310 e. The molecular weight excluding hydrogens is 308 g/mol. The lowest BCUT2D eigenvalue weighted by Gasteiger charge is -2.25. The number of hydrogen-bond acceptors (Lipinski definition) is 3. The molecule has 0 spiro atoms. The molecule has 0 saturated carbocycles. The highest BCUT2D eigenvalue weighted by atomic mass is 16.4. The zero-order chi connectivity index (χ0) is 18.5. The number of carboxylic acids is 1. The maximum absolute atomic E-state index is 12.4. The summed E-state index contributed by atoms with van der Waals surface area (Å²) in [5.41, 5.74) is 0.267. The van der Waals surface area contributed by atoms with Crippen molar-refractivity contribution in [1.29, 1.82) is 0 Å². The molecule has 6 heteroatoms. The zero-order valence-electron chi connectivity index (χ0n) is 14.8. The van der Waals surface area contributed by atoms with Crippen molar-refractivity contribution in [1.82, 2.24) is 10.6 Å². The number of benzene rings is 1. The van der Waals surface area contributed by atoms with Gasteiger partial charge < -0.3 is 15.7 Å². The molecule has 3 N–H and O–H groups in total. The maximum atomic E-state index is 12.4. The van der Waals surface area contributed by atoms with E-state index in [1.165, 1.54) is 13.8 Å². The first kappa shape index (κ1) is 19.7. The lowest BCUT2D eigenvalue weighted by atomic mass is 9.93. The van der Waals surface area contributed by atoms with Crippen LogP contribution in [0.25, 0.3) is 0 Å². The van der Waals surface area contributed by atoms with Crippen molar-refractivity contribution in [3.05, 3.63) is 35.4 Å². The van der Waals surface area contributed by atoms with Crippen LogP contribution in [0.5, 0.6) is 0 Å². The van der Waals surface area contributed by atoms with Gasteiger partial charge in [-0.3, -0.25) is 14.4 Å². The standard InChI is InChI=1S/C18H26N2O4/c1-11(2)14(16(22)19-10-18(4,5)17(23)24)20-15(21)13-9-7-6-8-12(13)3/h6-9,11,14H,10H2,1-5H3,(H,19,22)(H,20,21)(H,23,24). The zero-order valence-corrected chi connectivity index (χ0v) is 14.8. The normalized spacial score (nSPS) is 12.6. The molecule has 24 heavy (non-hydrogen) atoms. The van der Waals surface area contributed by atoms with Crippen molar-refractivity contribution >= 4 is 17.8 Å². The number of aliphatic carboxylic acids is 1. The van der Waals surface area contributed by atoms with Gasteiger partial charge in [0.25, 0.3) is 5.91 Å². The Labute approximate surface area is 142 Å². The second-order valence-electron chi connectivity index (χ2n) is 6.92. The number of rotatable bonds is 7. The summed E-state index contributed by atoms with van der Waals surface area (Å²) in [4.78, 5) is 35.9. The number of nitrogens with one attached hydrogen (secondary N) is 2. The van der Waals surface area contributed by atoms with E-state index in [-0.39, 0.29) is 24.3 Å². The van der Waals surface area contributed by atoms with Gasteiger partial charge in [0.1, 0.15) is 6.04 Å². The molecule has 132 valence electrons. The highest BCUT2D eigenvalue weighted by Crippen LogP contribution is 2.14. The predicted molar refractivity (Wildman–Crippen MR) is 91.7 cm³/mol. The van der Waals surface area contributed by atoms with Crippen molar-refractivity contribution in [2.75, 3.05) is 6.54 Å². The first-order valence-corrected chi connectivity index (χ1v) is 7.94. The Bertz CT molecular complexity index is 623. The molecular formula is C18H26N2O4. The quantitative estimate of drug-likeness (QED) is 0.710. The van der Waals surface area contributed by atoms with Crippen molar-refractivity contribution in [2.45, 2.75) is 40.7 Å². The molecule has 0 aliphatic rings. The van der Waals surface area contributed by atoms with E-state index in [0.717, 1.165) is 5.56 Å².